The predicted molar refractivity (Wildman–Crippen MR) is 96.8 cm³/mol. The van der Waals surface area contributed by atoms with Crippen LogP contribution in [0.15, 0.2) is 0 Å². The molecule has 0 saturated carbocycles. The summed E-state index contributed by atoms with van der Waals surface area (Å²) in [6.07, 6.45) is -7.37. The molecule has 28 heavy (non-hydrogen) atoms. The van der Waals surface area contributed by atoms with Crippen molar-refractivity contribution in [2.75, 3.05) is 19.9 Å². The first-order valence-electron chi connectivity index (χ1n) is 8.45. The molecule has 0 aromatic heterocycles. The Morgan fingerprint density at radius 3 is 2.57 bits per heavy atom. The first-order valence-corrected chi connectivity index (χ1v) is 9.27. The van der Waals surface area contributed by atoms with Gasteiger partial charge in [-0.15, -0.1) is 9.24 Å². The zero-order valence-corrected chi connectivity index (χ0v) is 16.8. The lowest BCUT2D eigenvalue weighted by Gasteiger charge is -2.42. The van der Waals surface area contributed by atoms with E-state index in [9.17, 15) is 24.6 Å². The molecular formula is C16H27NO10P+. The summed E-state index contributed by atoms with van der Waals surface area (Å²) in [5.74, 6) is -0.406. The number of carbonyl (C=O) groups excluding carboxylic acids is 3. The van der Waals surface area contributed by atoms with Gasteiger partial charge in [-0.05, 0) is 0 Å². The molecule has 1 amide bonds. The van der Waals surface area contributed by atoms with Gasteiger partial charge in [-0.3, -0.25) is 9.59 Å². The number of hydrogen-bond acceptors (Lipinski definition) is 10. The fourth-order valence-corrected chi connectivity index (χ4v) is 2.91. The number of methoxy groups -OCH3 is 1. The van der Waals surface area contributed by atoms with E-state index in [1.807, 2.05) is 0 Å². The molecule has 12 heteroatoms. The number of aliphatic hydroxyl groups is 2. The average molecular weight is 424 g/mol. The smallest absolute Gasteiger partial charge is 0.295 e. The van der Waals surface area contributed by atoms with E-state index < -0.39 is 61.7 Å². The number of carbonyl (C=O) groups is 3. The van der Waals surface area contributed by atoms with E-state index in [0.29, 0.717) is 6.29 Å². The normalized spacial score (nSPS) is 30.7. The maximum atomic E-state index is 11.5. The van der Waals surface area contributed by atoms with Gasteiger partial charge in [0.15, 0.2) is 18.7 Å². The van der Waals surface area contributed by atoms with Crippen LogP contribution in [0, 0.1) is 6.92 Å². The minimum absolute atomic E-state index is 0.0945. The van der Waals surface area contributed by atoms with Gasteiger partial charge >= 0.3 is 0 Å². The molecule has 9 atom stereocenters. The molecule has 0 aromatic rings. The predicted octanol–water partition coefficient (Wildman–Crippen LogP) is -2.24. The zero-order valence-electron chi connectivity index (χ0n) is 15.6. The molecule has 1 aliphatic heterocycles. The number of rotatable bonds is 12. The lowest BCUT2D eigenvalue weighted by atomic mass is 9.93. The topological polar surface area (TPSA) is 150 Å². The fourth-order valence-electron chi connectivity index (χ4n) is 2.69. The molecule has 5 unspecified atom stereocenters. The highest BCUT2D eigenvalue weighted by Crippen LogP contribution is 2.25. The lowest BCUT2D eigenvalue weighted by Crippen LogP contribution is -2.65. The Labute approximate surface area is 165 Å². The third-order valence-corrected chi connectivity index (χ3v) is 4.41. The molecule has 1 fully saturated rings. The van der Waals surface area contributed by atoms with Crippen molar-refractivity contribution in [2.45, 2.75) is 56.1 Å². The zero-order chi connectivity index (χ0) is 21.3. The van der Waals surface area contributed by atoms with Gasteiger partial charge in [-0.25, -0.2) is 0 Å². The maximum absolute atomic E-state index is 11.5. The van der Waals surface area contributed by atoms with E-state index in [4.69, 9.17) is 23.7 Å². The van der Waals surface area contributed by atoms with Crippen molar-refractivity contribution in [3.05, 3.63) is 6.92 Å². The van der Waals surface area contributed by atoms with E-state index in [-0.39, 0.29) is 12.6 Å². The van der Waals surface area contributed by atoms with Gasteiger partial charge in [-0.1, -0.05) is 0 Å². The standard InChI is InChI=1S/C16H26NO10P/c1-8-13(17-9(2)21)15(14(22)10(4-18)25-8)26-12(6-28)27-16(24-7-20)11(5-19)23-3/h5,7-8,10-16,18,22H,1,4,6,28H2,2-3H3/p+1/t8-,10?,11?,12+,13+,14-,15?,16?/m0/s1. The highest BCUT2D eigenvalue weighted by Gasteiger charge is 2.48. The number of amides is 1. The summed E-state index contributed by atoms with van der Waals surface area (Å²) in [6, 6.07) is -0.854. The average Bonchev–Trinajstić information content (AvgIpc) is 2.66. The minimum Gasteiger partial charge on any atom is -0.434 e. The summed E-state index contributed by atoms with van der Waals surface area (Å²) in [5, 5.41) is 22.5. The number of ether oxygens (including phenoxy) is 5. The first kappa shape index (κ1) is 24.7. The molecule has 0 aliphatic carbocycles. The number of aldehydes is 1. The molecule has 3 N–H and O–H groups in total. The minimum atomic E-state index is -1.40. The number of nitrogens with one attached hydrogen (secondary N) is 1. The maximum Gasteiger partial charge on any atom is 0.295 e. The molecule has 1 saturated heterocycles. The number of hydrogen-bond donors (Lipinski definition) is 3. The van der Waals surface area contributed by atoms with Crippen molar-refractivity contribution >= 4 is 27.9 Å². The largest absolute Gasteiger partial charge is 0.434 e. The summed E-state index contributed by atoms with van der Waals surface area (Å²) in [6.45, 7) is 4.64. The van der Waals surface area contributed by atoms with Crippen LogP contribution >= 0.6 is 9.24 Å². The molecule has 0 spiro atoms. The summed E-state index contributed by atoms with van der Waals surface area (Å²) in [5.41, 5.74) is 0. The van der Waals surface area contributed by atoms with Crippen LogP contribution in [0.2, 0.25) is 0 Å². The molecule has 160 valence electrons. The summed E-state index contributed by atoms with van der Waals surface area (Å²) >= 11 is 0. The highest BCUT2D eigenvalue weighted by molar-refractivity contribution is 7.16. The Hall–Kier alpha value is -1.33. The molecule has 1 rings (SSSR count). The van der Waals surface area contributed by atoms with Crippen molar-refractivity contribution in [1.29, 1.82) is 0 Å². The van der Waals surface area contributed by atoms with Crippen molar-refractivity contribution in [1.82, 2.24) is 5.32 Å². The molecule has 0 bridgehead atoms. The molecule has 11 nitrogen and oxygen atoms in total. The van der Waals surface area contributed by atoms with Crippen LogP contribution in [0.5, 0.6) is 0 Å². The highest BCUT2D eigenvalue weighted by atomic mass is 31.0. The summed E-state index contributed by atoms with van der Waals surface area (Å²) < 4.78 is 26.3. The Kier molecular flexibility index (Phi) is 10.8. The molecule has 1 heterocycles. The SMILES string of the molecule is [CH2+][C@@H]1OC(CO)[C@H](O)C(O[C@@H](CP)OC(OC=O)C(C=O)OC)[C@@H]1NC(C)=O. The van der Waals surface area contributed by atoms with E-state index in [2.05, 4.69) is 21.5 Å². The fraction of sp³-hybridized carbons (Fsp3) is 0.750. The van der Waals surface area contributed by atoms with Crippen molar-refractivity contribution in [3.63, 3.8) is 0 Å². The van der Waals surface area contributed by atoms with Gasteiger partial charge in [0.05, 0.1) is 13.5 Å². The second-order valence-corrected chi connectivity index (χ2v) is 6.42. The molecular weight excluding hydrogens is 397 g/mol. The van der Waals surface area contributed by atoms with E-state index in [1.165, 1.54) is 14.0 Å². The van der Waals surface area contributed by atoms with Crippen LogP contribution in [0.3, 0.4) is 0 Å². The van der Waals surface area contributed by atoms with Crippen LogP contribution in [0.4, 0.5) is 0 Å². The van der Waals surface area contributed by atoms with Gasteiger partial charge in [0.25, 0.3) is 6.47 Å². The van der Waals surface area contributed by atoms with Crippen LogP contribution in [-0.4, -0.2) is 97.9 Å². The summed E-state index contributed by atoms with van der Waals surface area (Å²) in [7, 11) is 3.58. The van der Waals surface area contributed by atoms with Crippen LogP contribution in [0.25, 0.3) is 0 Å². The Morgan fingerprint density at radius 1 is 1.43 bits per heavy atom. The third-order valence-electron chi connectivity index (χ3n) is 4.02. The third kappa shape index (κ3) is 6.63. The second-order valence-electron chi connectivity index (χ2n) is 5.95. The van der Waals surface area contributed by atoms with Crippen LogP contribution in [0.1, 0.15) is 6.92 Å². The Balaban J connectivity index is 3.00. The van der Waals surface area contributed by atoms with Crippen LogP contribution < -0.4 is 5.32 Å². The first-order chi connectivity index (χ1) is 13.3. The summed E-state index contributed by atoms with van der Waals surface area (Å²) in [4.78, 5) is 33.3. The van der Waals surface area contributed by atoms with E-state index in [0.717, 1.165) is 0 Å². The Morgan fingerprint density at radius 2 is 2.11 bits per heavy atom. The van der Waals surface area contributed by atoms with Gasteiger partial charge in [-0.2, -0.15) is 0 Å². The quantitative estimate of drug-likeness (QED) is 0.136. The van der Waals surface area contributed by atoms with Gasteiger partial charge in [0.2, 0.25) is 18.3 Å². The van der Waals surface area contributed by atoms with Crippen molar-refractivity contribution in [3.8, 4) is 0 Å². The lowest BCUT2D eigenvalue weighted by molar-refractivity contribution is -0.288. The Bertz CT molecular complexity index is 510. The second kappa shape index (κ2) is 12.3. The van der Waals surface area contributed by atoms with Gasteiger partial charge in [0.1, 0.15) is 24.4 Å². The molecule has 0 aromatic carbocycles. The van der Waals surface area contributed by atoms with E-state index >= 15 is 0 Å². The van der Waals surface area contributed by atoms with Crippen molar-refractivity contribution < 1.29 is 48.3 Å². The van der Waals surface area contributed by atoms with E-state index in [1.54, 1.807) is 0 Å². The van der Waals surface area contributed by atoms with Crippen molar-refractivity contribution in [2.24, 2.45) is 0 Å². The molecule has 0 radical (unpaired) electrons. The van der Waals surface area contributed by atoms with Gasteiger partial charge in [0, 0.05) is 20.2 Å². The number of aliphatic hydroxyl groups excluding tert-OH is 2. The molecule has 1 aliphatic rings. The van der Waals surface area contributed by atoms with Crippen LogP contribution in [-0.2, 0) is 38.1 Å². The monoisotopic (exact) mass is 424 g/mol. The van der Waals surface area contributed by atoms with Gasteiger partial charge < -0.3 is 44.0 Å².